The van der Waals surface area contributed by atoms with Gasteiger partial charge >= 0.3 is 12.1 Å². The molecule has 1 aliphatic carbocycles. The maximum atomic E-state index is 12.5. The van der Waals surface area contributed by atoms with Gasteiger partial charge in [0.15, 0.2) is 0 Å². The molecule has 1 aromatic heterocycles. The lowest BCUT2D eigenvalue weighted by Crippen LogP contribution is -2.30. The second-order valence-corrected chi connectivity index (χ2v) is 8.60. The lowest BCUT2D eigenvalue weighted by molar-refractivity contribution is -0.137. The second kappa shape index (κ2) is 10.9. The molecular formula is C26H27N3O6. The van der Waals surface area contributed by atoms with Crippen molar-refractivity contribution in [2.24, 2.45) is 5.92 Å². The number of fused-ring (bicyclic) bond motifs is 3. The molecule has 182 valence electrons. The van der Waals surface area contributed by atoms with Crippen LogP contribution in [0.3, 0.4) is 0 Å². The minimum atomic E-state index is -0.871. The van der Waals surface area contributed by atoms with Crippen LogP contribution < -0.4 is 10.6 Å². The number of benzene rings is 2. The number of aliphatic carboxylic acids is 1. The molecule has 0 saturated heterocycles. The fraction of sp³-hybridized carbons (Fsp3) is 0.308. The van der Waals surface area contributed by atoms with E-state index in [0.717, 1.165) is 22.3 Å². The Labute approximate surface area is 202 Å². The van der Waals surface area contributed by atoms with Crippen molar-refractivity contribution in [3.05, 3.63) is 77.2 Å². The average molecular weight is 478 g/mol. The lowest BCUT2D eigenvalue weighted by Gasteiger charge is -2.14. The number of ether oxygens (including phenoxy) is 1. The van der Waals surface area contributed by atoms with Crippen molar-refractivity contribution in [1.29, 1.82) is 0 Å². The van der Waals surface area contributed by atoms with Gasteiger partial charge in [-0.3, -0.25) is 9.59 Å². The predicted octanol–water partition coefficient (Wildman–Crippen LogP) is 3.94. The third-order valence-corrected chi connectivity index (χ3v) is 6.09. The van der Waals surface area contributed by atoms with Crippen LogP contribution in [0.2, 0.25) is 0 Å². The van der Waals surface area contributed by atoms with Crippen LogP contribution in [0.4, 0.5) is 4.79 Å². The van der Waals surface area contributed by atoms with Crippen molar-refractivity contribution >= 4 is 18.0 Å². The zero-order chi connectivity index (χ0) is 24.8. The van der Waals surface area contributed by atoms with E-state index in [9.17, 15) is 14.4 Å². The SMILES string of the molecule is CC(CCC(=O)O)CNC(=O)c1conc1CNC(=O)OCC1c2ccccc2-c2ccccc21. The standard InChI is InChI=1S/C26H27N3O6/c1-16(10-11-24(30)31)12-27-25(32)22-15-35-29-23(22)13-28-26(33)34-14-21-19-8-4-2-6-17(19)18-7-3-5-9-20(18)21/h2-9,15-16,21H,10-14H2,1H3,(H,27,32)(H,28,33)(H,30,31). The molecule has 0 fully saturated rings. The van der Waals surface area contributed by atoms with Gasteiger partial charge in [0.25, 0.3) is 5.91 Å². The number of nitrogens with one attached hydrogen (secondary N) is 2. The molecule has 0 bridgehead atoms. The minimum absolute atomic E-state index is 0.00249. The molecule has 9 heteroatoms. The van der Waals surface area contributed by atoms with Gasteiger partial charge in [0.1, 0.15) is 24.1 Å². The first-order valence-electron chi connectivity index (χ1n) is 11.5. The van der Waals surface area contributed by atoms with Crippen molar-refractivity contribution in [2.75, 3.05) is 13.2 Å². The van der Waals surface area contributed by atoms with Crippen molar-refractivity contribution < 1.29 is 28.8 Å². The molecule has 1 heterocycles. The van der Waals surface area contributed by atoms with Crippen molar-refractivity contribution in [3.8, 4) is 11.1 Å². The third kappa shape index (κ3) is 5.68. The number of aromatic nitrogens is 1. The number of hydrogen-bond acceptors (Lipinski definition) is 6. The molecule has 0 saturated carbocycles. The molecule has 0 aliphatic heterocycles. The van der Waals surface area contributed by atoms with E-state index in [0.29, 0.717) is 13.0 Å². The number of alkyl carbamates (subject to hydrolysis) is 1. The summed E-state index contributed by atoms with van der Waals surface area (Å²) in [5, 5.41) is 17.9. The highest BCUT2D eigenvalue weighted by atomic mass is 16.5. The molecule has 2 aromatic carbocycles. The van der Waals surface area contributed by atoms with Crippen LogP contribution in [0.1, 0.15) is 52.9 Å². The maximum Gasteiger partial charge on any atom is 0.407 e. The fourth-order valence-electron chi connectivity index (χ4n) is 4.21. The van der Waals surface area contributed by atoms with Gasteiger partial charge in [0.05, 0.1) is 6.54 Å². The van der Waals surface area contributed by atoms with Crippen molar-refractivity contribution in [1.82, 2.24) is 15.8 Å². The van der Waals surface area contributed by atoms with E-state index in [2.05, 4.69) is 27.9 Å². The van der Waals surface area contributed by atoms with Crippen LogP contribution in [-0.2, 0) is 16.1 Å². The Balaban J connectivity index is 1.29. The van der Waals surface area contributed by atoms with E-state index in [-0.39, 0.29) is 42.7 Å². The number of carboxylic acids is 1. The Bertz CT molecular complexity index is 1180. The van der Waals surface area contributed by atoms with E-state index >= 15 is 0 Å². The number of nitrogens with zero attached hydrogens (tertiary/aromatic N) is 1. The zero-order valence-electron chi connectivity index (χ0n) is 19.3. The molecule has 9 nitrogen and oxygen atoms in total. The molecule has 1 unspecified atom stereocenters. The molecule has 0 spiro atoms. The largest absolute Gasteiger partial charge is 0.481 e. The Morgan fingerprint density at radius 3 is 2.37 bits per heavy atom. The molecule has 3 aromatic rings. The van der Waals surface area contributed by atoms with Crippen LogP contribution in [0.25, 0.3) is 11.1 Å². The van der Waals surface area contributed by atoms with E-state index < -0.39 is 18.0 Å². The van der Waals surface area contributed by atoms with Crippen molar-refractivity contribution in [3.63, 3.8) is 0 Å². The van der Waals surface area contributed by atoms with E-state index in [1.807, 2.05) is 43.3 Å². The monoisotopic (exact) mass is 477 g/mol. The highest BCUT2D eigenvalue weighted by molar-refractivity contribution is 5.95. The molecule has 1 aliphatic rings. The normalized spacial score (nSPS) is 12.9. The van der Waals surface area contributed by atoms with Gasteiger partial charge in [-0.05, 0) is 34.6 Å². The van der Waals surface area contributed by atoms with Crippen molar-refractivity contribution in [2.45, 2.75) is 32.2 Å². The summed E-state index contributed by atoms with van der Waals surface area (Å²) in [6.07, 6.45) is 1.09. The van der Waals surface area contributed by atoms with Gasteiger partial charge in [0.2, 0.25) is 0 Å². The highest BCUT2D eigenvalue weighted by Gasteiger charge is 2.29. The summed E-state index contributed by atoms with van der Waals surface area (Å²) in [7, 11) is 0. The highest BCUT2D eigenvalue weighted by Crippen LogP contribution is 2.44. The van der Waals surface area contributed by atoms with E-state index in [1.54, 1.807) is 0 Å². The number of carboxylic acid groups (broad SMARTS) is 1. The number of hydrogen-bond donors (Lipinski definition) is 3. The van der Waals surface area contributed by atoms with Gasteiger partial charge < -0.3 is 25.0 Å². The zero-order valence-corrected chi connectivity index (χ0v) is 19.3. The summed E-state index contributed by atoms with van der Waals surface area (Å²) in [5.41, 5.74) is 5.01. The second-order valence-electron chi connectivity index (χ2n) is 8.60. The summed E-state index contributed by atoms with van der Waals surface area (Å²) >= 11 is 0. The number of rotatable bonds is 10. The van der Waals surface area contributed by atoms with Gasteiger partial charge in [-0.2, -0.15) is 0 Å². The molecule has 35 heavy (non-hydrogen) atoms. The van der Waals surface area contributed by atoms with E-state index in [1.165, 1.54) is 6.26 Å². The molecular weight excluding hydrogens is 450 g/mol. The molecule has 4 rings (SSSR count). The van der Waals surface area contributed by atoms with Gasteiger partial charge in [-0.1, -0.05) is 60.6 Å². The maximum absolute atomic E-state index is 12.5. The molecule has 1 atom stereocenters. The van der Waals surface area contributed by atoms with E-state index in [4.69, 9.17) is 14.4 Å². The minimum Gasteiger partial charge on any atom is -0.481 e. The summed E-state index contributed by atoms with van der Waals surface area (Å²) < 4.78 is 10.4. The number of carbonyl (C=O) groups is 3. The van der Waals surface area contributed by atoms with Crippen LogP contribution in [-0.4, -0.2) is 41.4 Å². The Morgan fingerprint density at radius 1 is 1.06 bits per heavy atom. The molecule has 2 amide bonds. The van der Waals surface area contributed by atoms with Crippen LogP contribution in [0.15, 0.2) is 59.3 Å². The Morgan fingerprint density at radius 2 is 1.71 bits per heavy atom. The van der Waals surface area contributed by atoms with Gasteiger partial charge in [0, 0.05) is 18.9 Å². The first-order chi connectivity index (χ1) is 16.9. The average Bonchev–Trinajstić information content (AvgIpc) is 3.46. The van der Waals surface area contributed by atoms with Crippen LogP contribution in [0, 0.1) is 5.92 Å². The van der Waals surface area contributed by atoms with Crippen LogP contribution >= 0.6 is 0 Å². The third-order valence-electron chi connectivity index (χ3n) is 6.09. The first kappa shape index (κ1) is 24.0. The Hall–Kier alpha value is -4.14. The number of carbonyl (C=O) groups excluding carboxylic acids is 2. The quantitative estimate of drug-likeness (QED) is 0.403. The fourth-order valence-corrected chi connectivity index (χ4v) is 4.21. The lowest BCUT2D eigenvalue weighted by atomic mass is 9.98. The summed E-state index contributed by atoms with van der Waals surface area (Å²) in [6.45, 7) is 2.32. The Kier molecular flexibility index (Phi) is 7.45. The summed E-state index contributed by atoms with van der Waals surface area (Å²) in [6, 6.07) is 16.2. The number of amides is 2. The van der Waals surface area contributed by atoms with Gasteiger partial charge in [-0.25, -0.2) is 4.79 Å². The van der Waals surface area contributed by atoms with Crippen LogP contribution in [0.5, 0.6) is 0 Å². The smallest absolute Gasteiger partial charge is 0.407 e. The first-order valence-corrected chi connectivity index (χ1v) is 11.5. The topological polar surface area (TPSA) is 131 Å². The molecule has 0 radical (unpaired) electrons. The molecule has 3 N–H and O–H groups in total. The summed E-state index contributed by atoms with van der Waals surface area (Å²) in [5.74, 6) is -1.33. The van der Waals surface area contributed by atoms with Gasteiger partial charge in [-0.15, -0.1) is 0 Å². The summed E-state index contributed by atoms with van der Waals surface area (Å²) in [4.78, 5) is 35.6. The predicted molar refractivity (Wildman–Crippen MR) is 127 cm³/mol.